The molecular formula is C9H5ClF7N. The molecule has 0 amide bonds. The molecule has 0 saturated carbocycles. The molecule has 0 aliphatic carbocycles. The fourth-order valence-electron chi connectivity index (χ4n) is 1.21. The van der Waals surface area contributed by atoms with E-state index in [4.69, 9.17) is 11.6 Å². The normalized spacial score (nSPS) is 14.7. The second kappa shape index (κ2) is 4.58. The summed E-state index contributed by atoms with van der Waals surface area (Å²) in [5.74, 6) is -8.81. The zero-order chi connectivity index (χ0) is 14.3. The van der Waals surface area contributed by atoms with Crippen molar-refractivity contribution in [2.45, 2.75) is 18.1 Å². The van der Waals surface area contributed by atoms with Crippen molar-refractivity contribution in [2.24, 2.45) is 5.73 Å². The maximum absolute atomic E-state index is 13.2. The molecule has 102 valence electrons. The molecule has 0 fully saturated rings. The van der Waals surface area contributed by atoms with Crippen LogP contribution in [0.15, 0.2) is 12.1 Å². The molecular weight excluding hydrogens is 291 g/mol. The van der Waals surface area contributed by atoms with Crippen LogP contribution in [-0.2, 0) is 0 Å². The lowest BCUT2D eigenvalue weighted by molar-refractivity contribution is -0.291. The first kappa shape index (κ1) is 15.0. The van der Waals surface area contributed by atoms with Crippen LogP contribution in [0.25, 0.3) is 0 Å². The first-order chi connectivity index (χ1) is 7.98. The third-order valence-corrected chi connectivity index (χ3v) is 2.34. The molecule has 0 aliphatic heterocycles. The quantitative estimate of drug-likeness (QED) is 0.825. The molecule has 1 aromatic rings. The maximum Gasteiger partial charge on any atom is 0.455 e. The summed E-state index contributed by atoms with van der Waals surface area (Å²) < 4.78 is 88.1. The average Bonchev–Trinajstić information content (AvgIpc) is 2.13. The van der Waals surface area contributed by atoms with Crippen LogP contribution in [0.1, 0.15) is 11.6 Å². The van der Waals surface area contributed by atoms with Crippen LogP contribution in [-0.4, -0.2) is 12.1 Å². The van der Waals surface area contributed by atoms with Crippen LogP contribution in [0.2, 0.25) is 5.02 Å². The minimum absolute atomic E-state index is 0.395. The molecule has 0 spiro atoms. The van der Waals surface area contributed by atoms with Gasteiger partial charge in [-0.1, -0.05) is 11.6 Å². The zero-order valence-electron chi connectivity index (χ0n) is 8.33. The summed E-state index contributed by atoms with van der Waals surface area (Å²) in [4.78, 5) is 0. The molecule has 0 radical (unpaired) electrons. The van der Waals surface area contributed by atoms with E-state index in [1.807, 2.05) is 0 Å². The molecule has 18 heavy (non-hydrogen) atoms. The number of alkyl halides is 5. The van der Waals surface area contributed by atoms with Gasteiger partial charge < -0.3 is 5.73 Å². The summed E-state index contributed by atoms with van der Waals surface area (Å²) in [5, 5.41) is -0.490. The van der Waals surface area contributed by atoms with Crippen molar-refractivity contribution in [1.82, 2.24) is 0 Å². The summed E-state index contributed by atoms with van der Waals surface area (Å²) in [7, 11) is 0. The number of hydrogen-bond acceptors (Lipinski definition) is 1. The van der Waals surface area contributed by atoms with Gasteiger partial charge in [0, 0.05) is 10.6 Å². The van der Waals surface area contributed by atoms with E-state index in [2.05, 4.69) is 5.73 Å². The van der Waals surface area contributed by atoms with E-state index in [9.17, 15) is 30.7 Å². The first-order valence-corrected chi connectivity index (χ1v) is 4.71. The Hall–Kier alpha value is -1.02. The minimum atomic E-state index is -6.02. The van der Waals surface area contributed by atoms with Crippen molar-refractivity contribution >= 4 is 11.6 Å². The van der Waals surface area contributed by atoms with Crippen LogP contribution >= 0.6 is 11.6 Å². The Balaban J connectivity index is 3.32. The molecule has 9 heteroatoms. The van der Waals surface area contributed by atoms with Crippen molar-refractivity contribution in [1.29, 1.82) is 0 Å². The topological polar surface area (TPSA) is 26.0 Å². The second-order valence-electron chi connectivity index (χ2n) is 3.38. The molecule has 1 aromatic carbocycles. The molecule has 0 bridgehead atoms. The summed E-state index contributed by atoms with van der Waals surface area (Å²) in [6.07, 6.45) is -6.02. The highest BCUT2D eigenvalue weighted by Gasteiger charge is 2.62. The Morgan fingerprint density at radius 1 is 1.00 bits per heavy atom. The number of halogens is 8. The lowest BCUT2D eigenvalue weighted by atomic mass is 10.00. The minimum Gasteiger partial charge on any atom is -0.319 e. The lowest BCUT2D eigenvalue weighted by Crippen LogP contribution is -2.46. The Morgan fingerprint density at radius 3 is 1.72 bits per heavy atom. The van der Waals surface area contributed by atoms with Crippen LogP contribution in [0.3, 0.4) is 0 Å². The third kappa shape index (κ3) is 2.54. The Labute approximate surface area is 101 Å². The van der Waals surface area contributed by atoms with Crippen LogP contribution in [0.4, 0.5) is 30.7 Å². The highest BCUT2D eigenvalue weighted by atomic mass is 35.5. The van der Waals surface area contributed by atoms with Gasteiger partial charge in [0.1, 0.15) is 17.7 Å². The number of rotatable bonds is 2. The van der Waals surface area contributed by atoms with Crippen molar-refractivity contribution in [3.05, 3.63) is 34.4 Å². The standard InChI is InChI=1S/C9H5ClF7N/c10-3-1-4(11)6(5(12)2-3)7(18)8(13,14)9(15,16)17/h1-2,7H,18H2/t7-/m1/s1. The van der Waals surface area contributed by atoms with E-state index in [1.54, 1.807) is 0 Å². The van der Waals surface area contributed by atoms with Gasteiger partial charge in [-0.3, -0.25) is 0 Å². The highest BCUT2D eigenvalue weighted by molar-refractivity contribution is 6.30. The van der Waals surface area contributed by atoms with Gasteiger partial charge in [0.15, 0.2) is 0 Å². The molecule has 0 aliphatic rings. The molecule has 1 atom stereocenters. The van der Waals surface area contributed by atoms with Gasteiger partial charge >= 0.3 is 12.1 Å². The van der Waals surface area contributed by atoms with E-state index in [0.717, 1.165) is 0 Å². The fraction of sp³-hybridized carbons (Fsp3) is 0.333. The van der Waals surface area contributed by atoms with Gasteiger partial charge in [-0.15, -0.1) is 0 Å². The molecule has 2 N–H and O–H groups in total. The number of benzene rings is 1. The molecule has 0 saturated heterocycles. The molecule has 0 heterocycles. The Bertz CT molecular complexity index is 434. The molecule has 1 rings (SSSR count). The summed E-state index contributed by atoms with van der Waals surface area (Å²) in [6, 6.07) is -2.41. The predicted molar refractivity (Wildman–Crippen MR) is 49.3 cm³/mol. The number of hydrogen-bond donors (Lipinski definition) is 1. The monoisotopic (exact) mass is 295 g/mol. The SMILES string of the molecule is N[C@H](c1c(F)cc(Cl)cc1F)C(F)(F)C(F)(F)F. The average molecular weight is 296 g/mol. The van der Waals surface area contributed by atoms with Gasteiger partial charge in [0.05, 0.1) is 0 Å². The molecule has 1 nitrogen and oxygen atoms in total. The van der Waals surface area contributed by atoms with E-state index < -0.39 is 40.4 Å². The van der Waals surface area contributed by atoms with Gasteiger partial charge in [-0.2, -0.15) is 22.0 Å². The van der Waals surface area contributed by atoms with Crippen LogP contribution in [0, 0.1) is 11.6 Å². The van der Waals surface area contributed by atoms with Crippen molar-refractivity contribution in [2.75, 3.05) is 0 Å². The van der Waals surface area contributed by atoms with Crippen molar-refractivity contribution < 1.29 is 30.7 Å². The summed E-state index contributed by atoms with van der Waals surface area (Å²) in [6.45, 7) is 0. The number of nitrogens with two attached hydrogens (primary N) is 1. The van der Waals surface area contributed by atoms with E-state index >= 15 is 0 Å². The second-order valence-corrected chi connectivity index (χ2v) is 3.82. The van der Waals surface area contributed by atoms with Gasteiger partial charge in [-0.05, 0) is 12.1 Å². The van der Waals surface area contributed by atoms with Gasteiger partial charge in [-0.25, -0.2) is 8.78 Å². The fourth-order valence-corrected chi connectivity index (χ4v) is 1.40. The van der Waals surface area contributed by atoms with Crippen LogP contribution < -0.4 is 5.73 Å². The first-order valence-electron chi connectivity index (χ1n) is 4.33. The van der Waals surface area contributed by atoms with Gasteiger partial charge in [0.25, 0.3) is 0 Å². The Kier molecular flexibility index (Phi) is 3.83. The largest absolute Gasteiger partial charge is 0.455 e. The van der Waals surface area contributed by atoms with Crippen molar-refractivity contribution in [3.63, 3.8) is 0 Å². The third-order valence-electron chi connectivity index (χ3n) is 2.12. The smallest absolute Gasteiger partial charge is 0.319 e. The van der Waals surface area contributed by atoms with Crippen LogP contribution in [0.5, 0.6) is 0 Å². The summed E-state index contributed by atoms with van der Waals surface area (Å²) in [5.41, 5.74) is 3.05. The predicted octanol–water partition coefficient (Wildman–Crippen LogP) is 3.82. The lowest BCUT2D eigenvalue weighted by Gasteiger charge is -2.26. The maximum atomic E-state index is 13.2. The van der Waals surface area contributed by atoms with Gasteiger partial charge in [0.2, 0.25) is 0 Å². The van der Waals surface area contributed by atoms with E-state index in [-0.39, 0.29) is 0 Å². The Morgan fingerprint density at radius 2 is 1.39 bits per heavy atom. The highest BCUT2D eigenvalue weighted by Crippen LogP contribution is 2.44. The zero-order valence-corrected chi connectivity index (χ0v) is 9.09. The van der Waals surface area contributed by atoms with E-state index in [0.29, 0.717) is 12.1 Å². The summed E-state index contributed by atoms with van der Waals surface area (Å²) >= 11 is 5.20. The molecule has 0 aromatic heterocycles. The van der Waals surface area contributed by atoms with E-state index in [1.165, 1.54) is 0 Å². The molecule has 0 unspecified atom stereocenters. The van der Waals surface area contributed by atoms with Crippen molar-refractivity contribution in [3.8, 4) is 0 Å².